The Kier molecular flexibility index (Phi) is 7.96. The van der Waals surface area contributed by atoms with Gasteiger partial charge in [-0.25, -0.2) is 8.42 Å². The summed E-state index contributed by atoms with van der Waals surface area (Å²) in [5, 5.41) is 12.1. The van der Waals surface area contributed by atoms with E-state index in [9.17, 15) is 23.3 Å². The van der Waals surface area contributed by atoms with Crippen LogP contribution in [0.25, 0.3) is 0 Å². The minimum absolute atomic E-state index is 0.0697. The van der Waals surface area contributed by atoms with E-state index in [1.165, 1.54) is 29.3 Å². The van der Waals surface area contributed by atoms with Crippen molar-refractivity contribution in [3.8, 4) is 0 Å². The number of likely N-dealkylation sites (tertiary alicyclic amines) is 1. The predicted octanol–water partition coefficient (Wildman–Crippen LogP) is 4.14. The molecule has 2 aliphatic rings. The number of amides is 1. The van der Waals surface area contributed by atoms with Gasteiger partial charge in [-0.2, -0.15) is 4.72 Å². The standard InChI is InChI=1S/C29H31ClN4O5S/c1-32-17-14-22-6-2-3-7-24(22)29(32)15-18-33(19-16-29)28(35)25(20-21-10-12-23(30)13-11-21)31-40(38,39)27-9-5-4-8-26(27)34(36)37/h2-13,25,31H,14-20H2,1H3/t25-/m1/s1. The number of nitrogens with zero attached hydrogens (tertiary/aromatic N) is 3. The molecule has 3 aromatic rings. The second-order valence-electron chi connectivity index (χ2n) is 10.4. The van der Waals surface area contributed by atoms with Gasteiger partial charge in [0.2, 0.25) is 15.9 Å². The van der Waals surface area contributed by atoms with Gasteiger partial charge >= 0.3 is 0 Å². The number of hydrogen-bond donors (Lipinski definition) is 1. The molecule has 40 heavy (non-hydrogen) atoms. The van der Waals surface area contributed by atoms with Crippen molar-refractivity contribution in [2.75, 3.05) is 26.7 Å². The van der Waals surface area contributed by atoms with Crippen LogP contribution in [-0.2, 0) is 33.2 Å². The summed E-state index contributed by atoms with van der Waals surface area (Å²) in [5.41, 5.74) is 2.61. The average Bonchev–Trinajstić information content (AvgIpc) is 2.96. The lowest BCUT2D eigenvalue weighted by atomic mass is 9.74. The molecule has 9 nitrogen and oxygen atoms in total. The van der Waals surface area contributed by atoms with Crippen LogP contribution in [0.1, 0.15) is 29.5 Å². The number of nitro groups is 1. The summed E-state index contributed by atoms with van der Waals surface area (Å²) in [7, 11) is -2.27. The maximum absolute atomic E-state index is 13.9. The predicted molar refractivity (Wildman–Crippen MR) is 153 cm³/mol. The van der Waals surface area contributed by atoms with Crippen molar-refractivity contribution in [1.29, 1.82) is 0 Å². The lowest BCUT2D eigenvalue weighted by Crippen LogP contribution is -2.58. The summed E-state index contributed by atoms with van der Waals surface area (Å²) in [6.07, 6.45) is 2.49. The number of para-hydroxylation sites is 1. The number of carbonyl (C=O) groups is 1. The number of halogens is 1. The highest BCUT2D eigenvalue weighted by molar-refractivity contribution is 7.89. The van der Waals surface area contributed by atoms with Crippen molar-refractivity contribution in [1.82, 2.24) is 14.5 Å². The zero-order valence-corrected chi connectivity index (χ0v) is 23.7. The molecule has 1 amide bonds. The zero-order valence-electron chi connectivity index (χ0n) is 22.1. The van der Waals surface area contributed by atoms with Crippen LogP contribution in [0.3, 0.4) is 0 Å². The van der Waals surface area contributed by atoms with Crippen LogP contribution in [0, 0.1) is 10.1 Å². The largest absolute Gasteiger partial charge is 0.341 e. The highest BCUT2D eigenvalue weighted by atomic mass is 35.5. The number of fused-ring (bicyclic) bond motifs is 2. The zero-order chi connectivity index (χ0) is 28.5. The van der Waals surface area contributed by atoms with Gasteiger partial charge in [0.15, 0.2) is 4.90 Å². The molecule has 2 aliphatic heterocycles. The Morgan fingerprint density at radius 1 is 1.02 bits per heavy atom. The lowest BCUT2D eigenvalue weighted by Gasteiger charge is -2.51. The third-order valence-corrected chi connectivity index (χ3v) is 9.94. The van der Waals surface area contributed by atoms with Gasteiger partial charge in [0.05, 0.1) is 4.92 Å². The molecule has 1 saturated heterocycles. The van der Waals surface area contributed by atoms with Crippen molar-refractivity contribution in [3.63, 3.8) is 0 Å². The topological polar surface area (TPSA) is 113 Å². The molecule has 0 saturated carbocycles. The van der Waals surface area contributed by atoms with Gasteiger partial charge < -0.3 is 4.90 Å². The first-order valence-corrected chi connectivity index (χ1v) is 15.1. The fourth-order valence-corrected chi connectivity index (χ4v) is 7.48. The van der Waals surface area contributed by atoms with E-state index in [0.29, 0.717) is 23.7 Å². The van der Waals surface area contributed by atoms with E-state index in [4.69, 9.17) is 11.6 Å². The van der Waals surface area contributed by atoms with Crippen LogP contribution >= 0.6 is 11.6 Å². The highest BCUT2D eigenvalue weighted by Crippen LogP contribution is 2.42. The molecule has 11 heteroatoms. The molecule has 0 aliphatic carbocycles. The maximum Gasteiger partial charge on any atom is 0.289 e. The summed E-state index contributed by atoms with van der Waals surface area (Å²) >= 11 is 6.03. The molecular weight excluding hydrogens is 552 g/mol. The van der Waals surface area contributed by atoms with Crippen molar-refractivity contribution in [3.05, 3.63) is 105 Å². The third-order valence-electron chi connectivity index (χ3n) is 8.17. The Bertz CT molecular complexity index is 1520. The van der Waals surface area contributed by atoms with E-state index in [0.717, 1.165) is 31.9 Å². The van der Waals surface area contributed by atoms with Crippen LogP contribution < -0.4 is 4.72 Å². The van der Waals surface area contributed by atoms with Crippen molar-refractivity contribution < 1.29 is 18.1 Å². The molecule has 1 N–H and O–H groups in total. The summed E-state index contributed by atoms with van der Waals surface area (Å²) in [6, 6.07) is 19.2. The number of hydrogen-bond acceptors (Lipinski definition) is 6. The van der Waals surface area contributed by atoms with E-state index in [1.54, 1.807) is 29.2 Å². The molecular formula is C29H31ClN4O5S. The van der Waals surface area contributed by atoms with E-state index < -0.39 is 31.6 Å². The van der Waals surface area contributed by atoms with Crippen LogP contribution in [0.2, 0.25) is 5.02 Å². The number of carbonyl (C=O) groups excluding carboxylic acids is 1. The first-order valence-electron chi connectivity index (χ1n) is 13.2. The number of sulfonamides is 1. The fraction of sp³-hybridized carbons (Fsp3) is 0.345. The molecule has 5 rings (SSSR count). The molecule has 0 aromatic heterocycles. The number of benzene rings is 3. The van der Waals surface area contributed by atoms with Gasteiger partial charge in [-0.15, -0.1) is 0 Å². The SMILES string of the molecule is CN1CCc2ccccc2C12CCN(C(=O)[C@@H](Cc1ccc(Cl)cc1)NS(=O)(=O)c1ccccc1[N+](=O)[O-])CC2. The lowest BCUT2D eigenvalue weighted by molar-refractivity contribution is -0.387. The molecule has 0 radical (unpaired) electrons. The summed E-state index contributed by atoms with van der Waals surface area (Å²) < 4.78 is 29.3. The number of likely N-dealkylation sites (N-methyl/N-ethyl adjacent to an activating group) is 1. The van der Waals surface area contributed by atoms with Gasteiger partial charge in [0.25, 0.3) is 5.69 Å². The molecule has 1 spiro atoms. The Morgan fingerprint density at radius 2 is 1.68 bits per heavy atom. The maximum atomic E-state index is 13.9. The third kappa shape index (κ3) is 5.49. The fourth-order valence-electron chi connectivity index (χ4n) is 5.99. The van der Waals surface area contributed by atoms with Gasteiger partial charge in [0.1, 0.15) is 6.04 Å². The highest BCUT2D eigenvalue weighted by Gasteiger charge is 2.44. The van der Waals surface area contributed by atoms with Crippen LogP contribution in [0.5, 0.6) is 0 Å². The van der Waals surface area contributed by atoms with Gasteiger partial charge in [-0.3, -0.25) is 19.8 Å². The summed E-state index contributed by atoms with van der Waals surface area (Å²) in [6.45, 7) is 1.85. The molecule has 1 atom stereocenters. The van der Waals surface area contributed by atoms with E-state index in [1.807, 2.05) is 0 Å². The number of rotatable bonds is 7. The van der Waals surface area contributed by atoms with Crippen LogP contribution in [0.4, 0.5) is 5.69 Å². The number of piperidine rings is 1. The Labute approximate surface area is 238 Å². The van der Waals surface area contributed by atoms with Crippen molar-refractivity contribution >= 4 is 33.2 Å². The molecule has 210 valence electrons. The first-order chi connectivity index (χ1) is 19.1. The monoisotopic (exact) mass is 582 g/mol. The van der Waals surface area contributed by atoms with E-state index in [-0.39, 0.29) is 17.9 Å². The normalized spacial score (nSPS) is 17.8. The number of nitrogens with one attached hydrogen (secondary N) is 1. The van der Waals surface area contributed by atoms with Crippen molar-refractivity contribution in [2.24, 2.45) is 0 Å². The summed E-state index contributed by atoms with van der Waals surface area (Å²) in [5.74, 6) is -0.362. The Morgan fingerprint density at radius 3 is 2.38 bits per heavy atom. The Balaban J connectivity index is 1.41. The smallest absolute Gasteiger partial charge is 0.289 e. The van der Waals surface area contributed by atoms with Gasteiger partial charge in [-0.1, -0.05) is 60.1 Å². The second-order valence-corrected chi connectivity index (χ2v) is 12.5. The van der Waals surface area contributed by atoms with Crippen LogP contribution in [-0.4, -0.2) is 61.8 Å². The minimum Gasteiger partial charge on any atom is -0.341 e. The van der Waals surface area contributed by atoms with Crippen LogP contribution in [0.15, 0.2) is 77.7 Å². The molecule has 1 fully saturated rings. The number of nitro benzene ring substituents is 1. The van der Waals surface area contributed by atoms with E-state index >= 15 is 0 Å². The second kappa shape index (κ2) is 11.3. The van der Waals surface area contributed by atoms with Crippen molar-refractivity contribution in [2.45, 2.75) is 42.2 Å². The average molecular weight is 583 g/mol. The molecule has 2 heterocycles. The van der Waals surface area contributed by atoms with Gasteiger partial charge in [0, 0.05) is 36.3 Å². The molecule has 3 aromatic carbocycles. The first kappa shape index (κ1) is 28.2. The molecule has 0 unspecified atom stereocenters. The quantitative estimate of drug-likeness (QED) is 0.331. The van der Waals surface area contributed by atoms with Gasteiger partial charge in [-0.05, 0) is 67.6 Å². The molecule has 0 bridgehead atoms. The minimum atomic E-state index is -4.40. The Hall–Kier alpha value is -3.31. The summed E-state index contributed by atoms with van der Waals surface area (Å²) in [4.78, 5) is 28.3. The van der Waals surface area contributed by atoms with E-state index in [2.05, 4.69) is 40.9 Å².